The number of rotatable bonds is 5. The first-order valence-corrected chi connectivity index (χ1v) is 9.91. The lowest BCUT2D eigenvalue weighted by Crippen LogP contribution is -2.38. The fourth-order valence-corrected chi connectivity index (χ4v) is 4.39. The molecule has 1 N–H and O–H groups in total. The molecule has 2 unspecified atom stereocenters. The standard InChI is InChI=1S/C17H23BrN2OS.ClH/c18-13-3-7-16(8-4-13)22-11-1-2-17(21)20-10-9-14-5-6-15(12-20)19-14;/h3-4,7-8,14-15,19H,1-2,5-6,9-12H2;1H. The van der Waals surface area contributed by atoms with Gasteiger partial charge in [0.1, 0.15) is 0 Å². The molecule has 6 heteroatoms. The summed E-state index contributed by atoms with van der Waals surface area (Å²) < 4.78 is 1.11. The van der Waals surface area contributed by atoms with Crippen LogP contribution in [0, 0.1) is 0 Å². The molecule has 0 radical (unpaired) electrons. The zero-order chi connectivity index (χ0) is 15.4. The normalized spacial score (nSPS) is 23.3. The summed E-state index contributed by atoms with van der Waals surface area (Å²) in [6, 6.07) is 9.55. The average Bonchev–Trinajstić information content (AvgIpc) is 2.84. The summed E-state index contributed by atoms with van der Waals surface area (Å²) in [6.45, 7) is 1.85. The third-order valence-electron chi connectivity index (χ3n) is 4.49. The Morgan fingerprint density at radius 3 is 2.74 bits per heavy atom. The number of carbonyl (C=O) groups excluding carboxylic acids is 1. The third kappa shape index (κ3) is 5.66. The van der Waals surface area contributed by atoms with Gasteiger partial charge in [-0.2, -0.15) is 0 Å². The second kappa shape index (κ2) is 9.30. The van der Waals surface area contributed by atoms with Crippen LogP contribution in [0.3, 0.4) is 0 Å². The summed E-state index contributed by atoms with van der Waals surface area (Å²) in [7, 11) is 0. The van der Waals surface area contributed by atoms with Crippen molar-refractivity contribution in [2.75, 3.05) is 18.8 Å². The van der Waals surface area contributed by atoms with Gasteiger partial charge in [-0.25, -0.2) is 0 Å². The third-order valence-corrected chi connectivity index (χ3v) is 6.12. The van der Waals surface area contributed by atoms with Gasteiger partial charge >= 0.3 is 0 Å². The molecule has 2 aliphatic heterocycles. The van der Waals surface area contributed by atoms with Crippen molar-refractivity contribution in [3.05, 3.63) is 28.7 Å². The minimum absolute atomic E-state index is 0. The Kier molecular flexibility index (Phi) is 7.73. The monoisotopic (exact) mass is 418 g/mol. The molecule has 3 nitrogen and oxygen atoms in total. The Morgan fingerprint density at radius 2 is 1.96 bits per heavy atom. The first kappa shape index (κ1) is 19.1. The van der Waals surface area contributed by atoms with E-state index in [0.29, 0.717) is 24.4 Å². The molecule has 0 aliphatic carbocycles. The molecule has 0 spiro atoms. The van der Waals surface area contributed by atoms with E-state index in [-0.39, 0.29) is 12.4 Å². The van der Waals surface area contributed by atoms with E-state index in [1.807, 2.05) is 11.8 Å². The van der Waals surface area contributed by atoms with Crippen LogP contribution in [0.4, 0.5) is 0 Å². The topological polar surface area (TPSA) is 32.3 Å². The molecule has 3 rings (SSSR count). The number of hydrogen-bond acceptors (Lipinski definition) is 3. The highest BCUT2D eigenvalue weighted by Crippen LogP contribution is 2.23. The van der Waals surface area contributed by atoms with E-state index in [1.54, 1.807) is 0 Å². The Morgan fingerprint density at radius 1 is 1.22 bits per heavy atom. The second-order valence-electron chi connectivity index (χ2n) is 6.17. The minimum atomic E-state index is 0. The van der Waals surface area contributed by atoms with Crippen LogP contribution in [0.2, 0.25) is 0 Å². The summed E-state index contributed by atoms with van der Waals surface area (Å²) in [5.74, 6) is 1.34. The van der Waals surface area contributed by atoms with E-state index in [0.717, 1.165) is 36.2 Å². The van der Waals surface area contributed by atoms with Gasteiger partial charge < -0.3 is 10.2 Å². The Balaban J connectivity index is 0.00000192. The maximum atomic E-state index is 12.4. The van der Waals surface area contributed by atoms with Crippen molar-refractivity contribution < 1.29 is 4.79 Å². The Labute approximate surface area is 157 Å². The lowest BCUT2D eigenvalue weighted by Gasteiger charge is -2.24. The molecule has 0 aromatic heterocycles. The van der Waals surface area contributed by atoms with Gasteiger partial charge in [-0.1, -0.05) is 15.9 Å². The molecule has 128 valence electrons. The predicted octanol–water partition coefficient (Wildman–Crippen LogP) is 4.10. The van der Waals surface area contributed by atoms with Crippen LogP contribution < -0.4 is 5.32 Å². The molecule has 1 aromatic carbocycles. The largest absolute Gasteiger partial charge is 0.341 e. The van der Waals surface area contributed by atoms with Crippen LogP contribution >= 0.6 is 40.1 Å². The van der Waals surface area contributed by atoms with E-state index >= 15 is 0 Å². The molecule has 2 heterocycles. The van der Waals surface area contributed by atoms with E-state index in [4.69, 9.17) is 0 Å². The molecule has 0 saturated carbocycles. The molecule has 23 heavy (non-hydrogen) atoms. The number of amides is 1. The zero-order valence-corrected chi connectivity index (χ0v) is 16.4. The average molecular weight is 420 g/mol. The van der Waals surface area contributed by atoms with Gasteiger partial charge in [0.2, 0.25) is 5.91 Å². The van der Waals surface area contributed by atoms with Crippen LogP contribution in [0.25, 0.3) is 0 Å². The van der Waals surface area contributed by atoms with Crippen molar-refractivity contribution in [1.82, 2.24) is 10.2 Å². The highest BCUT2D eigenvalue weighted by atomic mass is 79.9. The lowest BCUT2D eigenvalue weighted by atomic mass is 10.1. The van der Waals surface area contributed by atoms with Crippen LogP contribution in [0.5, 0.6) is 0 Å². The number of halogens is 2. The number of nitrogens with zero attached hydrogens (tertiary/aromatic N) is 1. The number of carbonyl (C=O) groups is 1. The van der Waals surface area contributed by atoms with Gasteiger partial charge in [0, 0.05) is 41.0 Å². The lowest BCUT2D eigenvalue weighted by molar-refractivity contribution is -0.131. The van der Waals surface area contributed by atoms with Gasteiger partial charge in [0.25, 0.3) is 0 Å². The fourth-order valence-electron chi connectivity index (χ4n) is 3.27. The van der Waals surface area contributed by atoms with Gasteiger partial charge in [0.15, 0.2) is 0 Å². The molecule has 1 amide bonds. The van der Waals surface area contributed by atoms with E-state index < -0.39 is 0 Å². The molecule has 2 atom stereocenters. The van der Waals surface area contributed by atoms with Crippen LogP contribution in [0.15, 0.2) is 33.6 Å². The Hall–Kier alpha value is -0.230. The smallest absolute Gasteiger partial charge is 0.222 e. The highest BCUT2D eigenvalue weighted by molar-refractivity contribution is 9.10. The molecule has 2 bridgehead atoms. The summed E-state index contributed by atoms with van der Waals surface area (Å²) in [5, 5.41) is 3.63. The fraction of sp³-hybridized carbons (Fsp3) is 0.588. The molecular weight excluding hydrogens is 396 g/mol. The maximum absolute atomic E-state index is 12.4. The molecule has 2 aliphatic rings. The number of nitrogens with one attached hydrogen (secondary N) is 1. The van der Waals surface area contributed by atoms with Gasteiger partial charge in [-0.15, -0.1) is 24.2 Å². The number of likely N-dealkylation sites (tertiary alicyclic amines) is 1. The first-order valence-electron chi connectivity index (χ1n) is 8.13. The van der Waals surface area contributed by atoms with Gasteiger partial charge in [0.05, 0.1) is 0 Å². The maximum Gasteiger partial charge on any atom is 0.222 e. The summed E-state index contributed by atoms with van der Waals surface area (Å²) in [5.41, 5.74) is 0. The number of hydrogen-bond donors (Lipinski definition) is 1. The van der Waals surface area contributed by atoms with Crippen LogP contribution in [-0.4, -0.2) is 41.7 Å². The number of thioether (sulfide) groups is 1. The van der Waals surface area contributed by atoms with E-state index in [1.165, 1.54) is 17.7 Å². The molecular formula is C17H24BrClN2OS. The summed E-state index contributed by atoms with van der Waals surface area (Å²) in [6.07, 6.45) is 5.28. The SMILES string of the molecule is Cl.O=C(CCCSc1ccc(Br)cc1)N1CCC2CCC(C1)N2. The first-order chi connectivity index (χ1) is 10.7. The van der Waals surface area contributed by atoms with Crippen molar-refractivity contribution in [2.45, 2.75) is 49.1 Å². The van der Waals surface area contributed by atoms with Crippen LogP contribution in [-0.2, 0) is 4.79 Å². The summed E-state index contributed by atoms with van der Waals surface area (Å²) >= 11 is 5.28. The van der Waals surface area contributed by atoms with E-state index in [9.17, 15) is 4.79 Å². The van der Waals surface area contributed by atoms with Crippen molar-refractivity contribution in [1.29, 1.82) is 0 Å². The molecule has 1 aromatic rings. The Bertz CT molecular complexity index is 514. The van der Waals surface area contributed by atoms with Gasteiger partial charge in [-0.05, 0) is 55.7 Å². The zero-order valence-electron chi connectivity index (χ0n) is 13.2. The van der Waals surface area contributed by atoms with E-state index in [2.05, 4.69) is 50.4 Å². The molecule has 2 saturated heterocycles. The van der Waals surface area contributed by atoms with Crippen molar-refractivity contribution in [3.63, 3.8) is 0 Å². The number of fused-ring (bicyclic) bond motifs is 2. The highest BCUT2D eigenvalue weighted by Gasteiger charge is 2.30. The van der Waals surface area contributed by atoms with Crippen LogP contribution in [0.1, 0.15) is 32.1 Å². The predicted molar refractivity (Wildman–Crippen MR) is 102 cm³/mol. The summed E-state index contributed by atoms with van der Waals surface area (Å²) in [4.78, 5) is 15.7. The van der Waals surface area contributed by atoms with Crippen molar-refractivity contribution in [3.8, 4) is 0 Å². The minimum Gasteiger partial charge on any atom is -0.341 e. The quantitative estimate of drug-likeness (QED) is 0.576. The van der Waals surface area contributed by atoms with Crippen molar-refractivity contribution in [2.24, 2.45) is 0 Å². The molecule has 2 fully saturated rings. The van der Waals surface area contributed by atoms with Gasteiger partial charge in [-0.3, -0.25) is 4.79 Å². The van der Waals surface area contributed by atoms with Crippen molar-refractivity contribution >= 4 is 46.0 Å². The number of benzene rings is 1. The second-order valence-corrected chi connectivity index (χ2v) is 8.26.